The molecule has 31 heavy (non-hydrogen) atoms. The Labute approximate surface area is 183 Å². The van der Waals surface area contributed by atoms with Crippen LogP contribution in [0.4, 0.5) is 11.4 Å². The molecule has 0 aromatic heterocycles. The van der Waals surface area contributed by atoms with Crippen molar-refractivity contribution in [1.29, 1.82) is 0 Å². The van der Waals surface area contributed by atoms with Crippen molar-refractivity contribution in [3.05, 3.63) is 75.8 Å². The van der Waals surface area contributed by atoms with Crippen LogP contribution in [0.2, 0.25) is 0 Å². The van der Waals surface area contributed by atoms with Crippen LogP contribution in [0.1, 0.15) is 31.8 Å². The summed E-state index contributed by atoms with van der Waals surface area (Å²) in [6, 6.07) is 8.84. The highest BCUT2D eigenvalue weighted by molar-refractivity contribution is 6.33. The second-order valence-electron chi connectivity index (χ2n) is 7.83. The largest absolute Gasteiger partial charge is 0.468 e. The molecular weight excluding hydrogens is 416 g/mol. The summed E-state index contributed by atoms with van der Waals surface area (Å²) >= 11 is 6.16. The number of ketones is 2. The predicted octanol–water partition coefficient (Wildman–Crippen LogP) is 1.91. The summed E-state index contributed by atoms with van der Waals surface area (Å²) in [6.07, 6.45) is 5.04. The number of hydrogen-bond donors (Lipinski definition) is 1. The summed E-state index contributed by atoms with van der Waals surface area (Å²) in [5.41, 5.74) is 3.65. The van der Waals surface area contributed by atoms with Gasteiger partial charge in [-0.25, -0.2) is 4.99 Å². The van der Waals surface area contributed by atoms with Crippen molar-refractivity contribution in [2.24, 2.45) is 0 Å². The Bertz CT molecular complexity index is 1250. The molecular formula is C24H18ClN2O4+. The lowest BCUT2D eigenvalue weighted by Gasteiger charge is -2.33. The number of nitrogens with zero attached hydrogens (tertiary/aromatic N) is 1. The third-order valence-electron chi connectivity index (χ3n) is 6.06. The van der Waals surface area contributed by atoms with Gasteiger partial charge in [0.1, 0.15) is 5.56 Å². The molecule has 1 saturated heterocycles. The van der Waals surface area contributed by atoms with Crippen molar-refractivity contribution in [3.63, 3.8) is 0 Å². The second kappa shape index (κ2) is 6.90. The zero-order valence-electron chi connectivity index (χ0n) is 16.5. The Balaban J connectivity index is 1.62. The summed E-state index contributed by atoms with van der Waals surface area (Å²) in [4.78, 5) is 32.7. The van der Waals surface area contributed by atoms with E-state index in [4.69, 9.17) is 21.1 Å². The number of benzene rings is 2. The third-order valence-corrected chi connectivity index (χ3v) is 6.31. The molecule has 1 atom stereocenters. The van der Waals surface area contributed by atoms with Crippen molar-refractivity contribution in [1.82, 2.24) is 0 Å². The van der Waals surface area contributed by atoms with Crippen molar-refractivity contribution in [2.45, 2.75) is 6.10 Å². The molecule has 1 unspecified atom stereocenters. The summed E-state index contributed by atoms with van der Waals surface area (Å²) in [7, 11) is 0. The first-order valence-corrected chi connectivity index (χ1v) is 10.6. The lowest BCUT2D eigenvalue weighted by Crippen LogP contribution is -2.72. The van der Waals surface area contributed by atoms with E-state index in [9.17, 15) is 9.59 Å². The number of carbonyl (C=O) groups is 2. The standard InChI is InChI=1S/C24H17ClN2O4/c25-13-5-6-16-18(11-13)31-19-12-17(27-7-9-30-10-8-27)20-21(22(19)26-16)24(29)15-4-2-1-3-14(15)23(20)28/h1-6,11-12,18H,7-10H2/p+1. The molecule has 4 aliphatic rings. The van der Waals surface area contributed by atoms with Crippen LogP contribution in [0.5, 0.6) is 5.75 Å². The topological polar surface area (TPSA) is 69.8 Å². The molecule has 154 valence electrons. The lowest BCUT2D eigenvalue weighted by molar-refractivity contribution is -0.362. The van der Waals surface area contributed by atoms with Gasteiger partial charge in [0.05, 0.1) is 24.5 Å². The average Bonchev–Trinajstić information content (AvgIpc) is 2.80. The number of halogens is 1. The minimum atomic E-state index is -0.373. The molecule has 6 rings (SSSR count). The molecule has 2 aliphatic carbocycles. The first-order chi connectivity index (χ1) is 15.1. The highest BCUT2D eigenvalue weighted by Gasteiger charge is 2.42. The third kappa shape index (κ3) is 2.79. The molecule has 0 spiro atoms. The van der Waals surface area contributed by atoms with Crippen LogP contribution < -0.4 is 14.6 Å². The molecule has 7 heteroatoms. The van der Waals surface area contributed by atoms with E-state index in [0.29, 0.717) is 70.7 Å². The Kier molecular flexibility index (Phi) is 4.13. The van der Waals surface area contributed by atoms with Crippen molar-refractivity contribution >= 4 is 40.3 Å². The molecule has 1 N–H and O–H groups in total. The molecule has 2 aliphatic heterocycles. The van der Waals surface area contributed by atoms with Crippen LogP contribution in [0.25, 0.3) is 0 Å². The Morgan fingerprint density at radius 1 is 1.00 bits per heavy atom. The smallest absolute Gasteiger partial charge is 0.258 e. The summed E-state index contributed by atoms with van der Waals surface area (Å²) in [5.74, 6) is 0.205. The van der Waals surface area contributed by atoms with Gasteiger partial charge >= 0.3 is 0 Å². The van der Waals surface area contributed by atoms with Gasteiger partial charge in [-0.15, -0.1) is 0 Å². The highest BCUT2D eigenvalue weighted by Crippen LogP contribution is 2.43. The van der Waals surface area contributed by atoms with E-state index in [1.54, 1.807) is 30.3 Å². The van der Waals surface area contributed by atoms with Gasteiger partial charge in [-0.2, -0.15) is 0 Å². The number of nitrogens with one attached hydrogen (secondary N) is 1. The fourth-order valence-electron chi connectivity index (χ4n) is 4.57. The monoisotopic (exact) mass is 433 g/mol. The number of allylic oxidation sites excluding steroid dienone is 2. The maximum Gasteiger partial charge on any atom is 0.258 e. The fourth-order valence-corrected chi connectivity index (χ4v) is 4.74. The van der Waals surface area contributed by atoms with Crippen LogP contribution >= 0.6 is 11.6 Å². The number of fused-ring (bicyclic) bond motifs is 5. The number of ether oxygens (including phenoxy) is 2. The number of carbonyl (C=O) groups excluding carboxylic acids is 2. The van der Waals surface area contributed by atoms with Gasteiger partial charge in [0.2, 0.25) is 17.6 Å². The number of hydrogen-bond acceptors (Lipinski definition) is 5. The molecule has 0 bridgehead atoms. The predicted molar refractivity (Wildman–Crippen MR) is 116 cm³/mol. The molecule has 2 heterocycles. The van der Waals surface area contributed by atoms with E-state index in [2.05, 4.69) is 9.89 Å². The van der Waals surface area contributed by atoms with E-state index >= 15 is 0 Å². The Hall–Kier alpha value is -3.22. The van der Waals surface area contributed by atoms with E-state index in [0.717, 1.165) is 5.71 Å². The summed E-state index contributed by atoms with van der Waals surface area (Å²) in [5, 5.41) is 0.588. The lowest BCUT2D eigenvalue weighted by atomic mass is 9.81. The van der Waals surface area contributed by atoms with Gasteiger partial charge in [0, 0.05) is 41.4 Å². The summed E-state index contributed by atoms with van der Waals surface area (Å²) in [6.45, 7) is 2.40. The van der Waals surface area contributed by atoms with Gasteiger partial charge < -0.3 is 14.4 Å². The number of morpholine rings is 1. The van der Waals surface area contributed by atoms with Crippen molar-refractivity contribution < 1.29 is 24.1 Å². The van der Waals surface area contributed by atoms with E-state index in [-0.39, 0.29) is 17.7 Å². The Morgan fingerprint density at radius 3 is 2.45 bits per heavy atom. The van der Waals surface area contributed by atoms with Crippen LogP contribution in [0.15, 0.2) is 53.6 Å². The van der Waals surface area contributed by atoms with Crippen molar-refractivity contribution in [2.75, 3.05) is 31.2 Å². The summed E-state index contributed by atoms with van der Waals surface area (Å²) < 4.78 is 11.7. The van der Waals surface area contributed by atoms with Crippen LogP contribution in [-0.2, 0) is 4.74 Å². The molecule has 2 aromatic carbocycles. The van der Waals surface area contributed by atoms with Crippen LogP contribution in [-0.4, -0.2) is 49.7 Å². The van der Waals surface area contributed by atoms with Crippen LogP contribution in [0.3, 0.4) is 0 Å². The van der Waals surface area contributed by atoms with Gasteiger partial charge in [0.25, 0.3) is 5.69 Å². The molecule has 0 saturated carbocycles. The first kappa shape index (κ1) is 18.5. The van der Waals surface area contributed by atoms with E-state index in [1.165, 1.54) is 0 Å². The fraction of sp³-hybridized carbons (Fsp3) is 0.208. The SMILES string of the molecule is O=C1c2ccccc2C(=O)c2c3c(cc(N4CCOCC4)c21)OC1C=C(Cl)C=CC1=[NH+]3. The van der Waals surface area contributed by atoms with Gasteiger partial charge in [-0.3, -0.25) is 9.59 Å². The molecule has 0 radical (unpaired) electrons. The zero-order valence-corrected chi connectivity index (χ0v) is 17.2. The van der Waals surface area contributed by atoms with Gasteiger partial charge in [-0.05, 0) is 12.2 Å². The molecule has 1 fully saturated rings. The minimum absolute atomic E-state index is 0.148. The minimum Gasteiger partial charge on any atom is -0.468 e. The maximum atomic E-state index is 13.6. The first-order valence-electron chi connectivity index (χ1n) is 10.2. The second-order valence-corrected chi connectivity index (χ2v) is 8.26. The van der Waals surface area contributed by atoms with E-state index < -0.39 is 0 Å². The molecule has 2 aromatic rings. The normalized spacial score (nSPS) is 21.3. The average molecular weight is 434 g/mol. The molecule has 6 nitrogen and oxygen atoms in total. The quantitative estimate of drug-likeness (QED) is 0.635. The van der Waals surface area contributed by atoms with Crippen molar-refractivity contribution in [3.8, 4) is 5.75 Å². The molecule has 0 amide bonds. The van der Waals surface area contributed by atoms with E-state index in [1.807, 2.05) is 18.2 Å². The van der Waals surface area contributed by atoms with Gasteiger partial charge in [0.15, 0.2) is 11.5 Å². The van der Waals surface area contributed by atoms with Gasteiger partial charge in [-0.1, -0.05) is 35.9 Å². The maximum absolute atomic E-state index is 13.6. The number of anilines is 1. The zero-order chi connectivity index (χ0) is 21.1. The Morgan fingerprint density at radius 2 is 1.71 bits per heavy atom. The number of rotatable bonds is 1. The van der Waals surface area contributed by atoms with Crippen LogP contribution in [0, 0.1) is 0 Å². The highest BCUT2D eigenvalue weighted by atomic mass is 35.5.